The molecule has 9 heteroatoms. The Morgan fingerprint density at radius 2 is 2.04 bits per heavy atom. The van der Waals surface area contributed by atoms with Gasteiger partial charge in [-0.2, -0.15) is 13.2 Å². The summed E-state index contributed by atoms with van der Waals surface area (Å²) in [7, 11) is 0. The van der Waals surface area contributed by atoms with Gasteiger partial charge in [0.2, 0.25) is 0 Å². The summed E-state index contributed by atoms with van der Waals surface area (Å²) in [6.45, 7) is 2.29. The molecule has 0 radical (unpaired) electrons. The number of hydrogen-bond donors (Lipinski definition) is 0. The van der Waals surface area contributed by atoms with E-state index >= 15 is 0 Å². The van der Waals surface area contributed by atoms with Crippen molar-refractivity contribution in [2.45, 2.75) is 13.1 Å². The van der Waals surface area contributed by atoms with Crippen molar-refractivity contribution in [2.75, 3.05) is 6.54 Å². The molecule has 1 aromatic carbocycles. The van der Waals surface area contributed by atoms with Gasteiger partial charge < -0.3 is 4.42 Å². The maximum Gasteiger partial charge on any atom is 0.417 e. The molecule has 0 bridgehead atoms. The number of carbonyl (C=O) groups is 1. The molecule has 3 rings (SSSR count). The first-order valence-electron chi connectivity index (χ1n) is 7.43. The number of alkyl halides is 3. The zero-order valence-corrected chi connectivity index (χ0v) is 15.7. The van der Waals surface area contributed by atoms with E-state index in [1.807, 2.05) is 6.92 Å². The number of halogens is 4. The lowest BCUT2D eigenvalue weighted by molar-refractivity contribution is -0.137. The molecular weight excluding hydrogens is 407 g/mol. The molecule has 2 aromatic rings. The standard InChI is InChI=1S/C17H11ClF3NO2S2/c1-2-22-15(23)14(26-16(22)25)8-10-4-6-13(24-10)9-3-5-12(18)11(7-9)17(19,20)21/h3-8H,2H2,1H3/b14-8-. The highest BCUT2D eigenvalue weighted by Gasteiger charge is 2.34. The molecule has 1 fully saturated rings. The van der Waals surface area contributed by atoms with Gasteiger partial charge in [0.25, 0.3) is 5.91 Å². The predicted octanol–water partition coefficient (Wildman–Crippen LogP) is 5.84. The van der Waals surface area contributed by atoms with E-state index in [9.17, 15) is 18.0 Å². The molecule has 1 aliphatic heterocycles. The number of benzene rings is 1. The zero-order chi connectivity index (χ0) is 19.1. The van der Waals surface area contributed by atoms with E-state index in [-0.39, 0.29) is 22.3 Å². The van der Waals surface area contributed by atoms with Crippen LogP contribution in [0.5, 0.6) is 0 Å². The number of amides is 1. The van der Waals surface area contributed by atoms with E-state index in [2.05, 4.69) is 0 Å². The Bertz CT molecular complexity index is 921. The molecule has 1 saturated heterocycles. The number of furan rings is 1. The highest BCUT2D eigenvalue weighted by molar-refractivity contribution is 8.26. The summed E-state index contributed by atoms with van der Waals surface area (Å²) in [6.07, 6.45) is -3.03. The third-order valence-corrected chi connectivity index (χ3v) is 5.35. The highest BCUT2D eigenvalue weighted by atomic mass is 35.5. The molecule has 0 aliphatic carbocycles. The molecule has 0 N–H and O–H groups in total. The summed E-state index contributed by atoms with van der Waals surface area (Å²) in [5.41, 5.74) is -0.694. The van der Waals surface area contributed by atoms with Crippen LogP contribution in [0.2, 0.25) is 5.02 Å². The molecule has 1 aromatic heterocycles. The van der Waals surface area contributed by atoms with Crippen LogP contribution in [-0.2, 0) is 11.0 Å². The first-order valence-corrected chi connectivity index (χ1v) is 9.03. The summed E-state index contributed by atoms with van der Waals surface area (Å²) in [4.78, 5) is 14.1. The number of thioether (sulfide) groups is 1. The minimum absolute atomic E-state index is 0.216. The molecule has 136 valence electrons. The summed E-state index contributed by atoms with van der Waals surface area (Å²) in [5, 5.41) is -0.378. The van der Waals surface area contributed by atoms with E-state index in [0.717, 1.165) is 17.8 Å². The number of carbonyl (C=O) groups excluding carboxylic acids is 1. The molecule has 1 amide bonds. The molecule has 3 nitrogen and oxygen atoms in total. The Morgan fingerprint density at radius 1 is 1.31 bits per heavy atom. The Balaban J connectivity index is 1.91. The average molecular weight is 418 g/mol. The van der Waals surface area contributed by atoms with Gasteiger partial charge in [0.1, 0.15) is 15.8 Å². The highest BCUT2D eigenvalue weighted by Crippen LogP contribution is 2.38. The third kappa shape index (κ3) is 3.67. The Morgan fingerprint density at radius 3 is 2.65 bits per heavy atom. The monoisotopic (exact) mass is 417 g/mol. The van der Waals surface area contributed by atoms with Crippen LogP contribution in [0.3, 0.4) is 0 Å². The third-order valence-electron chi connectivity index (χ3n) is 3.65. The lowest BCUT2D eigenvalue weighted by Crippen LogP contribution is -2.27. The van der Waals surface area contributed by atoms with Crippen molar-refractivity contribution in [3.05, 3.63) is 51.6 Å². The van der Waals surface area contributed by atoms with Crippen LogP contribution < -0.4 is 0 Å². The lowest BCUT2D eigenvalue weighted by Gasteiger charge is -2.10. The molecule has 2 heterocycles. The molecule has 0 spiro atoms. The van der Waals surface area contributed by atoms with Gasteiger partial charge in [0.15, 0.2) is 0 Å². The number of thiocarbonyl (C=S) groups is 1. The quantitative estimate of drug-likeness (QED) is 0.464. The largest absolute Gasteiger partial charge is 0.457 e. The molecule has 1 aliphatic rings. The van der Waals surface area contributed by atoms with Gasteiger partial charge in [-0.05, 0) is 37.3 Å². The minimum Gasteiger partial charge on any atom is -0.457 e. The van der Waals surface area contributed by atoms with Crippen LogP contribution in [0.1, 0.15) is 18.2 Å². The van der Waals surface area contributed by atoms with Crippen molar-refractivity contribution < 1.29 is 22.4 Å². The summed E-state index contributed by atoms with van der Waals surface area (Å²) in [5.74, 6) is 0.371. The van der Waals surface area contributed by atoms with Gasteiger partial charge in [-0.15, -0.1) is 0 Å². The van der Waals surface area contributed by atoms with Crippen molar-refractivity contribution in [1.82, 2.24) is 4.90 Å². The molecule has 0 unspecified atom stereocenters. The van der Waals surface area contributed by atoms with E-state index in [4.69, 9.17) is 28.2 Å². The predicted molar refractivity (Wildman–Crippen MR) is 99.7 cm³/mol. The smallest absolute Gasteiger partial charge is 0.417 e. The summed E-state index contributed by atoms with van der Waals surface area (Å²) >= 11 is 11.9. The van der Waals surface area contributed by atoms with Gasteiger partial charge in [-0.1, -0.05) is 35.6 Å². The summed E-state index contributed by atoms with van der Waals surface area (Å²) in [6, 6.07) is 6.66. The van der Waals surface area contributed by atoms with Gasteiger partial charge in [0, 0.05) is 18.2 Å². The Hall–Kier alpha value is -1.77. The fourth-order valence-corrected chi connectivity index (χ4v) is 3.97. The van der Waals surface area contributed by atoms with Crippen molar-refractivity contribution in [3.8, 4) is 11.3 Å². The van der Waals surface area contributed by atoms with Crippen LogP contribution in [0.15, 0.2) is 39.7 Å². The fourth-order valence-electron chi connectivity index (χ4n) is 2.38. The van der Waals surface area contributed by atoms with Gasteiger partial charge in [-0.3, -0.25) is 9.69 Å². The van der Waals surface area contributed by atoms with Gasteiger partial charge >= 0.3 is 6.18 Å². The second-order valence-electron chi connectivity index (χ2n) is 5.32. The number of hydrogen-bond acceptors (Lipinski definition) is 4. The Labute approximate surface area is 161 Å². The van der Waals surface area contributed by atoms with Gasteiger partial charge in [0.05, 0.1) is 15.5 Å². The number of rotatable bonds is 3. The van der Waals surface area contributed by atoms with E-state index in [0.29, 0.717) is 21.5 Å². The second-order valence-corrected chi connectivity index (χ2v) is 7.40. The van der Waals surface area contributed by atoms with E-state index in [1.54, 1.807) is 6.07 Å². The first-order chi connectivity index (χ1) is 12.2. The maximum absolute atomic E-state index is 13.0. The second kappa shape index (κ2) is 7.09. The van der Waals surface area contributed by atoms with Gasteiger partial charge in [-0.25, -0.2) is 0 Å². The fraction of sp³-hybridized carbons (Fsp3) is 0.176. The van der Waals surface area contributed by atoms with Crippen molar-refractivity contribution >= 4 is 51.9 Å². The SMILES string of the molecule is CCN1C(=O)/C(=C/c2ccc(-c3ccc(Cl)c(C(F)(F)F)c3)o2)SC1=S. The molecule has 0 saturated carbocycles. The molecule has 0 atom stereocenters. The van der Waals surface area contributed by atoms with Crippen molar-refractivity contribution in [1.29, 1.82) is 0 Å². The number of nitrogens with zero attached hydrogens (tertiary/aromatic N) is 1. The summed E-state index contributed by atoms with van der Waals surface area (Å²) < 4.78 is 45.0. The maximum atomic E-state index is 13.0. The van der Waals surface area contributed by atoms with E-state index < -0.39 is 11.7 Å². The van der Waals surface area contributed by atoms with Crippen LogP contribution in [0.25, 0.3) is 17.4 Å². The van der Waals surface area contributed by atoms with E-state index in [1.165, 1.54) is 29.2 Å². The van der Waals surface area contributed by atoms with Crippen LogP contribution >= 0.6 is 35.6 Å². The van der Waals surface area contributed by atoms with Crippen LogP contribution in [0.4, 0.5) is 13.2 Å². The zero-order valence-electron chi connectivity index (χ0n) is 13.3. The van der Waals surface area contributed by atoms with Crippen LogP contribution in [0, 0.1) is 0 Å². The molecule has 26 heavy (non-hydrogen) atoms. The topological polar surface area (TPSA) is 33.5 Å². The first kappa shape index (κ1) is 19.0. The van der Waals surface area contributed by atoms with Crippen molar-refractivity contribution in [2.24, 2.45) is 0 Å². The Kier molecular flexibility index (Phi) is 5.18. The minimum atomic E-state index is -4.56. The van der Waals surface area contributed by atoms with Crippen LogP contribution in [-0.4, -0.2) is 21.7 Å². The normalized spacial score (nSPS) is 16.8. The lowest BCUT2D eigenvalue weighted by atomic mass is 10.1. The van der Waals surface area contributed by atoms with Crippen molar-refractivity contribution in [3.63, 3.8) is 0 Å². The average Bonchev–Trinajstić information content (AvgIpc) is 3.12. The number of likely N-dealkylation sites (N-methyl/N-ethyl adjacent to an activating group) is 1. The molecular formula is C17H11ClF3NO2S2.